The number of amides is 1. The van der Waals surface area contributed by atoms with Gasteiger partial charge in [0.05, 0.1) is 6.21 Å². The summed E-state index contributed by atoms with van der Waals surface area (Å²) in [5, 5.41) is 3.99. The molecule has 0 aromatic heterocycles. The molecule has 0 atom stereocenters. The van der Waals surface area contributed by atoms with E-state index in [-0.39, 0.29) is 5.91 Å². The van der Waals surface area contributed by atoms with Gasteiger partial charge in [-0.05, 0) is 53.6 Å². The minimum atomic E-state index is -0.259. The number of nitrogens with zero attached hydrogens (tertiary/aromatic N) is 1. The van der Waals surface area contributed by atoms with E-state index in [0.717, 1.165) is 21.3 Å². The zero-order chi connectivity index (χ0) is 18.2. The maximum Gasteiger partial charge on any atom is 0.271 e. The molecule has 3 aromatic rings. The van der Waals surface area contributed by atoms with E-state index in [4.69, 9.17) is 4.74 Å². The van der Waals surface area contributed by atoms with Crippen LogP contribution in [0, 0.1) is 0 Å². The highest BCUT2D eigenvalue weighted by Crippen LogP contribution is 2.14. The molecule has 1 N–H and O–H groups in total. The van der Waals surface area contributed by atoms with Crippen LogP contribution in [-0.4, -0.2) is 12.1 Å². The van der Waals surface area contributed by atoms with E-state index in [9.17, 15) is 4.79 Å². The number of ether oxygens (including phenoxy) is 1. The Balaban J connectivity index is 1.52. The number of hydrogen-bond acceptors (Lipinski definition) is 3. The van der Waals surface area contributed by atoms with Gasteiger partial charge in [0.1, 0.15) is 12.4 Å². The SMILES string of the molecule is O=C(N/N=C/c1ccc(OCc2ccccc2)cc1)c1cccc(Br)c1. The van der Waals surface area contributed by atoms with Crippen molar-refractivity contribution in [1.29, 1.82) is 0 Å². The van der Waals surface area contributed by atoms with E-state index in [0.29, 0.717) is 12.2 Å². The third kappa shape index (κ3) is 5.29. The fourth-order valence-corrected chi connectivity index (χ4v) is 2.65. The Morgan fingerprint density at radius 1 is 1.00 bits per heavy atom. The van der Waals surface area contributed by atoms with E-state index in [1.807, 2.05) is 60.7 Å². The van der Waals surface area contributed by atoms with Crippen LogP contribution in [0.5, 0.6) is 5.75 Å². The second kappa shape index (κ2) is 8.97. The first-order valence-electron chi connectivity index (χ1n) is 8.06. The molecule has 0 aliphatic rings. The highest BCUT2D eigenvalue weighted by atomic mass is 79.9. The highest BCUT2D eigenvalue weighted by molar-refractivity contribution is 9.10. The molecule has 0 fully saturated rings. The van der Waals surface area contributed by atoms with Crippen LogP contribution in [0.15, 0.2) is 88.4 Å². The van der Waals surface area contributed by atoms with Crippen LogP contribution in [0.3, 0.4) is 0 Å². The van der Waals surface area contributed by atoms with Gasteiger partial charge >= 0.3 is 0 Å². The van der Waals surface area contributed by atoms with Gasteiger partial charge in [-0.15, -0.1) is 0 Å². The van der Waals surface area contributed by atoms with Crippen molar-refractivity contribution in [1.82, 2.24) is 5.43 Å². The van der Waals surface area contributed by atoms with Crippen molar-refractivity contribution >= 4 is 28.1 Å². The molecule has 0 heterocycles. The number of halogens is 1. The Morgan fingerprint density at radius 2 is 1.77 bits per heavy atom. The van der Waals surface area contributed by atoms with E-state index in [1.54, 1.807) is 24.4 Å². The van der Waals surface area contributed by atoms with Crippen LogP contribution in [-0.2, 0) is 6.61 Å². The Bertz CT molecular complexity index is 893. The van der Waals surface area contributed by atoms with Crippen LogP contribution in [0.4, 0.5) is 0 Å². The number of carbonyl (C=O) groups excluding carboxylic acids is 1. The minimum Gasteiger partial charge on any atom is -0.489 e. The predicted molar refractivity (Wildman–Crippen MR) is 106 cm³/mol. The first-order chi connectivity index (χ1) is 12.7. The molecule has 3 rings (SSSR count). The van der Waals surface area contributed by atoms with Crippen LogP contribution in [0.2, 0.25) is 0 Å². The number of carbonyl (C=O) groups is 1. The zero-order valence-electron chi connectivity index (χ0n) is 13.9. The average molecular weight is 409 g/mol. The lowest BCUT2D eigenvalue weighted by Crippen LogP contribution is -2.17. The Kier molecular flexibility index (Phi) is 6.17. The molecule has 0 saturated heterocycles. The van der Waals surface area contributed by atoms with E-state index >= 15 is 0 Å². The van der Waals surface area contributed by atoms with E-state index in [1.165, 1.54) is 0 Å². The third-order valence-electron chi connectivity index (χ3n) is 3.59. The normalized spacial score (nSPS) is 10.7. The van der Waals surface area contributed by atoms with Crippen molar-refractivity contribution in [2.24, 2.45) is 5.10 Å². The summed E-state index contributed by atoms with van der Waals surface area (Å²) in [7, 11) is 0. The van der Waals surface area contributed by atoms with Gasteiger partial charge in [0.25, 0.3) is 5.91 Å². The molecule has 3 aromatic carbocycles. The lowest BCUT2D eigenvalue weighted by Gasteiger charge is -2.06. The van der Waals surface area contributed by atoms with Gasteiger partial charge in [-0.2, -0.15) is 5.10 Å². The second-order valence-corrected chi connectivity index (χ2v) is 6.47. The van der Waals surface area contributed by atoms with Crippen molar-refractivity contribution in [2.75, 3.05) is 0 Å². The van der Waals surface area contributed by atoms with Gasteiger partial charge < -0.3 is 4.74 Å². The summed E-state index contributed by atoms with van der Waals surface area (Å²) in [4.78, 5) is 12.0. The molecule has 0 unspecified atom stereocenters. The van der Waals surface area contributed by atoms with E-state index in [2.05, 4.69) is 26.5 Å². The van der Waals surface area contributed by atoms with Gasteiger partial charge in [-0.3, -0.25) is 4.79 Å². The second-order valence-electron chi connectivity index (χ2n) is 5.55. The summed E-state index contributed by atoms with van der Waals surface area (Å²) in [6, 6.07) is 24.7. The van der Waals surface area contributed by atoms with Gasteiger partial charge in [-0.1, -0.05) is 52.3 Å². The summed E-state index contributed by atoms with van der Waals surface area (Å²) in [5.74, 6) is 0.523. The molecule has 4 nitrogen and oxygen atoms in total. The third-order valence-corrected chi connectivity index (χ3v) is 4.09. The maximum atomic E-state index is 12.0. The van der Waals surface area contributed by atoms with Crippen molar-refractivity contribution in [3.8, 4) is 5.75 Å². The van der Waals surface area contributed by atoms with Gasteiger partial charge in [0.2, 0.25) is 0 Å². The number of hydrazone groups is 1. The van der Waals surface area contributed by atoms with E-state index < -0.39 is 0 Å². The van der Waals surface area contributed by atoms with Crippen molar-refractivity contribution in [3.63, 3.8) is 0 Å². The van der Waals surface area contributed by atoms with Crippen molar-refractivity contribution in [2.45, 2.75) is 6.61 Å². The van der Waals surface area contributed by atoms with Gasteiger partial charge in [0, 0.05) is 10.0 Å². The molecule has 0 aliphatic carbocycles. The largest absolute Gasteiger partial charge is 0.489 e. The summed E-state index contributed by atoms with van der Waals surface area (Å²) >= 11 is 3.34. The number of hydrogen-bond donors (Lipinski definition) is 1. The van der Waals surface area contributed by atoms with Crippen LogP contribution in [0.1, 0.15) is 21.5 Å². The minimum absolute atomic E-state index is 0.259. The lowest BCUT2D eigenvalue weighted by molar-refractivity contribution is 0.0955. The Morgan fingerprint density at radius 3 is 2.50 bits per heavy atom. The standard InChI is InChI=1S/C21H17BrN2O2/c22-19-8-4-7-18(13-19)21(25)24-23-14-16-9-11-20(12-10-16)26-15-17-5-2-1-3-6-17/h1-14H,15H2,(H,24,25)/b23-14+. The summed E-state index contributed by atoms with van der Waals surface area (Å²) in [6.07, 6.45) is 1.59. The summed E-state index contributed by atoms with van der Waals surface area (Å²) < 4.78 is 6.59. The average Bonchev–Trinajstić information content (AvgIpc) is 2.68. The van der Waals surface area contributed by atoms with Crippen molar-refractivity contribution in [3.05, 3.63) is 100 Å². The number of benzene rings is 3. The quantitative estimate of drug-likeness (QED) is 0.470. The first-order valence-corrected chi connectivity index (χ1v) is 8.86. The molecule has 0 bridgehead atoms. The number of nitrogens with one attached hydrogen (secondary N) is 1. The smallest absolute Gasteiger partial charge is 0.271 e. The molecule has 1 amide bonds. The molecule has 0 aliphatic heterocycles. The van der Waals surface area contributed by atoms with Gasteiger partial charge in [0.15, 0.2) is 0 Å². The lowest BCUT2D eigenvalue weighted by atomic mass is 10.2. The molecule has 130 valence electrons. The molecular weight excluding hydrogens is 392 g/mol. The van der Waals surface area contributed by atoms with Crippen molar-refractivity contribution < 1.29 is 9.53 Å². The van der Waals surface area contributed by atoms with Gasteiger partial charge in [-0.25, -0.2) is 5.43 Å². The van der Waals surface area contributed by atoms with Crippen LogP contribution in [0.25, 0.3) is 0 Å². The maximum absolute atomic E-state index is 12.0. The molecule has 0 radical (unpaired) electrons. The molecule has 0 saturated carbocycles. The Hall–Kier alpha value is -2.92. The van der Waals surface area contributed by atoms with Crippen LogP contribution >= 0.6 is 15.9 Å². The number of rotatable bonds is 6. The molecule has 26 heavy (non-hydrogen) atoms. The Labute approximate surface area is 160 Å². The highest BCUT2D eigenvalue weighted by Gasteiger charge is 2.03. The molecule has 0 spiro atoms. The predicted octanol–water partition coefficient (Wildman–Crippen LogP) is 4.79. The topological polar surface area (TPSA) is 50.7 Å². The zero-order valence-corrected chi connectivity index (χ0v) is 15.5. The summed E-state index contributed by atoms with van der Waals surface area (Å²) in [5.41, 5.74) is 5.04. The summed E-state index contributed by atoms with van der Waals surface area (Å²) in [6.45, 7) is 0.525. The monoisotopic (exact) mass is 408 g/mol. The fourth-order valence-electron chi connectivity index (χ4n) is 2.25. The molecule has 5 heteroatoms. The first kappa shape index (κ1) is 17.9. The molecular formula is C21H17BrN2O2. The van der Waals surface area contributed by atoms with Crippen LogP contribution < -0.4 is 10.2 Å². The fraction of sp³-hybridized carbons (Fsp3) is 0.0476.